The number of amides is 2. The van der Waals surface area contributed by atoms with Gasteiger partial charge < -0.3 is 24.4 Å². The third-order valence-corrected chi connectivity index (χ3v) is 9.49. The highest BCUT2D eigenvalue weighted by Gasteiger charge is 2.78. The highest BCUT2D eigenvalue weighted by atomic mass is 16.6. The molecule has 218 valence electrons. The number of rotatable bonds is 15. The summed E-state index contributed by atoms with van der Waals surface area (Å²) in [5.41, 5.74) is -1.85. The maximum atomic E-state index is 14.5. The van der Waals surface area contributed by atoms with Gasteiger partial charge in [-0.05, 0) is 71.1 Å². The lowest BCUT2D eigenvalue weighted by molar-refractivity contribution is -0.161. The molecule has 1 aliphatic carbocycles. The number of fused-ring (bicyclic) bond motifs is 1. The zero-order valence-electron chi connectivity index (χ0n) is 23.8. The number of hydrogen-bond donors (Lipinski definition) is 1. The van der Waals surface area contributed by atoms with E-state index in [0.29, 0.717) is 45.4 Å². The van der Waals surface area contributed by atoms with Crippen molar-refractivity contribution in [3.63, 3.8) is 0 Å². The van der Waals surface area contributed by atoms with Crippen LogP contribution in [0.5, 0.6) is 0 Å². The number of ether oxygens (including phenoxy) is 2. The number of aliphatic hydroxyl groups excluding tert-OH is 1. The average molecular weight is 545 g/mol. The number of aliphatic hydroxyl groups is 1. The summed E-state index contributed by atoms with van der Waals surface area (Å²) in [5, 5.41) is 9.26. The fourth-order valence-electron chi connectivity index (χ4n) is 7.64. The summed E-state index contributed by atoms with van der Waals surface area (Å²) in [4.78, 5) is 45.8. The Hall–Kier alpha value is -2.19. The molecule has 1 spiro atoms. The van der Waals surface area contributed by atoms with Crippen molar-refractivity contribution in [2.24, 2.45) is 11.8 Å². The van der Waals surface area contributed by atoms with E-state index in [1.807, 2.05) is 17.9 Å². The number of allylic oxidation sites excluding steroid dienone is 1. The molecule has 3 heterocycles. The molecular weight excluding hydrogens is 496 g/mol. The summed E-state index contributed by atoms with van der Waals surface area (Å²) in [6, 6.07) is -0.644. The number of carbonyl (C=O) groups excluding carboxylic acids is 3. The van der Waals surface area contributed by atoms with E-state index >= 15 is 0 Å². The van der Waals surface area contributed by atoms with Crippen LogP contribution in [0.4, 0.5) is 0 Å². The summed E-state index contributed by atoms with van der Waals surface area (Å²) in [7, 11) is 0. The standard InChI is InChI=1S/C31H48N2O6/c1-4-6-7-14-22-38-29(37)25-24-27(35)33(20-12-9-13-21-34)26(31(24)18-17-30(25,3)39-31)28(36)32(19-5-2)23-15-10-8-11-16-23/h4-5,23-26,34H,1-2,6-22H2,3H3/t24-,25+,26?,30-,31?/m0/s1. The molecule has 4 rings (SSSR count). The zero-order chi connectivity index (χ0) is 28.0. The second-order valence-electron chi connectivity index (χ2n) is 12.1. The number of unbranched alkanes of at least 4 members (excludes halogenated alkanes) is 4. The molecule has 2 amide bonds. The van der Waals surface area contributed by atoms with Crippen LogP contribution in [0.25, 0.3) is 0 Å². The summed E-state index contributed by atoms with van der Waals surface area (Å²) in [6.45, 7) is 10.8. The number of carbonyl (C=O) groups is 3. The van der Waals surface area contributed by atoms with E-state index in [0.717, 1.165) is 51.4 Å². The molecule has 0 aromatic rings. The Kier molecular flexibility index (Phi) is 9.92. The van der Waals surface area contributed by atoms with Gasteiger partial charge in [-0.2, -0.15) is 0 Å². The molecule has 8 heteroatoms. The van der Waals surface area contributed by atoms with Crippen molar-refractivity contribution in [1.29, 1.82) is 0 Å². The lowest BCUT2D eigenvalue weighted by Crippen LogP contribution is -2.58. The third kappa shape index (κ3) is 5.69. The van der Waals surface area contributed by atoms with E-state index in [1.54, 1.807) is 11.0 Å². The van der Waals surface area contributed by atoms with Gasteiger partial charge in [0.2, 0.25) is 11.8 Å². The average Bonchev–Trinajstić information content (AvgIpc) is 3.50. The first kappa shape index (κ1) is 29.8. The second kappa shape index (κ2) is 13.0. The van der Waals surface area contributed by atoms with E-state index in [-0.39, 0.29) is 30.4 Å². The van der Waals surface area contributed by atoms with Gasteiger partial charge in [0.25, 0.3) is 0 Å². The van der Waals surface area contributed by atoms with Crippen LogP contribution in [-0.4, -0.2) is 82.3 Å². The van der Waals surface area contributed by atoms with E-state index in [9.17, 15) is 19.5 Å². The largest absolute Gasteiger partial charge is 0.465 e. The van der Waals surface area contributed by atoms with Gasteiger partial charge in [0, 0.05) is 25.7 Å². The molecule has 8 nitrogen and oxygen atoms in total. The minimum absolute atomic E-state index is 0.0810. The molecular formula is C31H48N2O6. The monoisotopic (exact) mass is 544 g/mol. The van der Waals surface area contributed by atoms with Gasteiger partial charge in [0.05, 0.1) is 18.1 Å². The maximum Gasteiger partial charge on any atom is 0.312 e. The fourth-order valence-corrected chi connectivity index (χ4v) is 7.64. The fraction of sp³-hybridized carbons (Fsp3) is 0.774. The van der Waals surface area contributed by atoms with Crippen molar-refractivity contribution >= 4 is 17.8 Å². The smallest absolute Gasteiger partial charge is 0.312 e. The number of hydrogen-bond acceptors (Lipinski definition) is 6. The topological polar surface area (TPSA) is 96.4 Å². The van der Waals surface area contributed by atoms with E-state index in [2.05, 4.69) is 13.2 Å². The lowest BCUT2D eigenvalue weighted by Gasteiger charge is -2.40. The van der Waals surface area contributed by atoms with Crippen LogP contribution in [0.1, 0.15) is 90.4 Å². The van der Waals surface area contributed by atoms with E-state index in [1.165, 1.54) is 6.42 Å². The van der Waals surface area contributed by atoms with E-state index < -0.39 is 29.1 Å². The Morgan fingerprint density at radius 3 is 2.56 bits per heavy atom. The summed E-state index contributed by atoms with van der Waals surface area (Å²) < 4.78 is 12.4. The molecule has 0 radical (unpaired) electrons. The Morgan fingerprint density at radius 2 is 1.87 bits per heavy atom. The molecule has 1 saturated carbocycles. The molecule has 0 aromatic carbocycles. The zero-order valence-corrected chi connectivity index (χ0v) is 23.8. The van der Waals surface area contributed by atoms with Crippen molar-refractivity contribution in [2.45, 2.75) is 114 Å². The number of nitrogens with zero attached hydrogens (tertiary/aromatic N) is 2. The summed E-state index contributed by atoms with van der Waals surface area (Å²) in [5.74, 6) is -2.09. The molecule has 2 unspecified atom stereocenters. The highest BCUT2D eigenvalue weighted by Crippen LogP contribution is 2.63. The van der Waals surface area contributed by atoms with Crippen molar-refractivity contribution < 1.29 is 29.0 Å². The number of esters is 1. The van der Waals surface area contributed by atoms with Crippen LogP contribution in [0, 0.1) is 11.8 Å². The Balaban J connectivity index is 1.63. The van der Waals surface area contributed by atoms with Crippen LogP contribution in [0.2, 0.25) is 0 Å². The molecule has 0 aromatic heterocycles. The predicted molar refractivity (Wildman–Crippen MR) is 149 cm³/mol. The minimum Gasteiger partial charge on any atom is -0.465 e. The maximum absolute atomic E-state index is 14.5. The Morgan fingerprint density at radius 1 is 1.10 bits per heavy atom. The third-order valence-electron chi connectivity index (χ3n) is 9.49. The first-order valence-corrected chi connectivity index (χ1v) is 15.1. The van der Waals surface area contributed by atoms with E-state index in [4.69, 9.17) is 9.47 Å². The van der Waals surface area contributed by atoms with Crippen molar-refractivity contribution in [2.75, 3.05) is 26.3 Å². The summed E-state index contributed by atoms with van der Waals surface area (Å²) >= 11 is 0. The minimum atomic E-state index is -1.03. The molecule has 4 aliphatic rings. The van der Waals surface area contributed by atoms with Crippen LogP contribution in [0.15, 0.2) is 25.3 Å². The van der Waals surface area contributed by atoms with Gasteiger partial charge in [0.1, 0.15) is 17.6 Å². The Bertz CT molecular complexity index is 917. The predicted octanol–water partition coefficient (Wildman–Crippen LogP) is 4.16. The highest BCUT2D eigenvalue weighted by molar-refractivity contribution is 5.98. The molecule has 4 fully saturated rings. The molecule has 2 bridgehead atoms. The molecule has 5 atom stereocenters. The van der Waals surface area contributed by atoms with Crippen LogP contribution in [0.3, 0.4) is 0 Å². The first-order chi connectivity index (χ1) is 18.8. The van der Waals surface area contributed by atoms with Gasteiger partial charge in [0.15, 0.2) is 0 Å². The van der Waals surface area contributed by atoms with Gasteiger partial charge in [-0.25, -0.2) is 0 Å². The number of likely N-dealkylation sites (tertiary alicyclic amines) is 1. The van der Waals surface area contributed by atoms with Gasteiger partial charge in [-0.3, -0.25) is 14.4 Å². The van der Waals surface area contributed by atoms with Gasteiger partial charge in [-0.1, -0.05) is 31.4 Å². The van der Waals surface area contributed by atoms with Crippen molar-refractivity contribution in [1.82, 2.24) is 9.80 Å². The van der Waals surface area contributed by atoms with Crippen LogP contribution in [-0.2, 0) is 23.9 Å². The van der Waals surface area contributed by atoms with Gasteiger partial charge in [-0.15, -0.1) is 13.2 Å². The van der Waals surface area contributed by atoms with Crippen molar-refractivity contribution in [3.05, 3.63) is 25.3 Å². The molecule has 1 N–H and O–H groups in total. The molecule has 39 heavy (non-hydrogen) atoms. The molecule has 3 aliphatic heterocycles. The van der Waals surface area contributed by atoms with Gasteiger partial charge >= 0.3 is 5.97 Å². The lowest BCUT2D eigenvalue weighted by atomic mass is 9.66. The normalized spacial score (nSPS) is 31.8. The van der Waals surface area contributed by atoms with Crippen molar-refractivity contribution in [3.8, 4) is 0 Å². The molecule has 3 saturated heterocycles. The Labute approximate surface area is 233 Å². The van der Waals surface area contributed by atoms with Crippen LogP contribution >= 0.6 is 0 Å². The first-order valence-electron chi connectivity index (χ1n) is 15.1. The quantitative estimate of drug-likeness (QED) is 0.189. The SMILES string of the molecule is C=CCCCCOC(=O)[C@H]1[C@H]2C(=O)N(CCCCCO)C(C(=O)N(CC=C)C3CCCCC3)C23CC[C@]1(C)O3. The second-order valence-corrected chi connectivity index (χ2v) is 12.1. The summed E-state index contributed by atoms with van der Waals surface area (Å²) in [6.07, 6.45) is 14.6. The van der Waals surface area contributed by atoms with Crippen LogP contribution < -0.4 is 0 Å².